The molecule has 2 aromatic rings. The van der Waals surface area contributed by atoms with E-state index in [2.05, 4.69) is 15.9 Å². The zero-order chi connectivity index (χ0) is 14.7. The molecule has 0 bridgehead atoms. The SMILES string of the molecule is O=C(O)c1cccc(COc2cc(Br)ccc2Cl)c1F. The van der Waals surface area contributed by atoms with Crippen molar-refractivity contribution in [1.82, 2.24) is 0 Å². The third-order valence-electron chi connectivity index (χ3n) is 2.59. The Morgan fingerprint density at radius 2 is 2.10 bits per heavy atom. The lowest BCUT2D eigenvalue weighted by Crippen LogP contribution is -2.06. The van der Waals surface area contributed by atoms with E-state index >= 15 is 0 Å². The van der Waals surface area contributed by atoms with Crippen LogP contribution in [0.3, 0.4) is 0 Å². The Kier molecular flexibility index (Phi) is 4.62. The summed E-state index contributed by atoms with van der Waals surface area (Å²) in [5.74, 6) is -1.72. The van der Waals surface area contributed by atoms with Crippen molar-refractivity contribution >= 4 is 33.5 Å². The van der Waals surface area contributed by atoms with E-state index in [1.54, 1.807) is 18.2 Å². The first kappa shape index (κ1) is 14.8. The van der Waals surface area contributed by atoms with Gasteiger partial charge in [-0.15, -0.1) is 0 Å². The maximum Gasteiger partial charge on any atom is 0.338 e. The Hall–Kier alpha value is -1.59. The van der Waals surface area contributed by atoms with Crippen LogP contribution in [0.2, 0.25) is 5.02 Å². The fraction of sp³-hybridized carbons (Fsp3) is 0.0714. The molecular formula is C14H9BrClFO3. The molecule has 0 radical (unpaired) electrons. The summed E-state index contributed by atoms with van der Waals surface area (Å²) >= 11 is 9.23. The van der Waals surface area contributed by atoms with Gasteiger partial charge in [-0.2, -0.15) is 0 Å². The highest BCUT2D eigenvalue weighted by atomic mass is 79.9. The monoisotopic (exact) mass is 358 g/mol. The highest BCUT2D eigenvalue weighted by Gasteiger charge is 2.14. The van der Waals surface area contributed by atoms with Gasteiger partial charge in [0.15, 0.2) is 0 Å². The van der Waals surface area contributed by atoms with Gasteiger partial charge in [0.05, 0.1) is 10.6 Å². The first-order valence-corrected chi connectivity index (χ1v) is 6.74. The van der Waals surface area contributed by atoms with Crippen molar-refractivity contribution < 1.29 is 19.0 Å². The van der Waals surface area contributed by atoms with Crippen LogP contribution in [0.1, 0.15) is 15.9 Å². The molecule has 0 unspecified atom stereocenters. The molecule has 0 saturated carbocycles. The molecule has 104 valence electrons. The number of carbonyl (C=O) groups is 1. The van der Waals surface area contributed by atoms with Crippen LogP contribution >= 0.6 is 27.5 Å². The summed E-state index contributed by atoms with van der Waals surface area (Å²) in [7, 11) is 0. The Labute approximate surface area is 128 Å². The highest BCUT2D eigenvalue weighted by Crippen LogP contribution is 2.29. The van der Waals surface area contributed by atoms with Gasteiger partial charge in [0, 0.05) is 10.0 Å². The van der Waals surface area contributed by atoms with E-state index in [0.717, 1.165) is 4.47 Å². The average Bonchev–Trinajstić information content (AvgIpc) is 2.41. The number of halogens is 3. The minimum absolute atomic E-state index is 0.108. The summed E-state index contributed by atoms with van der Waals surface area (Å²) in [4.78, 5) is 10.8. The number of ether oxygens (including phenoxy) is 1. The number of hydrogen-bond acceptors (Lipinski definition) is 2. The zero-order valence-corrected chi connectivity index (χ0v) is 12.4. The standard InChI is InChI=1S/C14H9BrClFO3/c15-9-4-5-11(16)12(6-9)20-7-8-2-1-3-10(13(8)17)14(18)19/h1-6H,7H2,(H,18,19). The minimum atomic E-state index is -1.31. The topological polar surface area (TPSA) is 46.5 Å². The molecule has 0 aromatic heterocycles. The molecule has 0 aliphatic heterocycles. The zero-order valence-electron chi connectivity index (χ0n) is 10.1. The molecule has 20 heavy (non-hydrogen) atoms. The van der Waals surface area contributed by atoms with E-state index in [0.29, 0.717) is 10.8 Å². The van der Waals surface area contributed by atoms with Gasteiger partial charge in [0.2, 0.25) is 0 Å². The molecule has 0 aliphatic rings. The second-order valence-corrected chi connectivity index (χ2v) is 5.27. The lowest BCUT2D eigenvalue weighted by Gasteiger charge is -2.10. The van der Waals surface area contributed by atoms with Crippen LogP contribution in [0.4, 0.5) is 4.39 Å². The predicted molar refractivity (Wildman–Crippen MR) is 76.8 cm³/mol. The van der Waals surface area contributed by atoms with Crippen LogP contribution < -0.4 is 4.74 Å². The molecule has 0 amide bonds. The van der Waals surface area contributed by atoms with Crippen LogP contribution in [0.25, 0.3) is 0 Å². The summed E-state index contributed by atoms with van der Waals surface area (Å²) in [6.45, 7) is -0.108. The van der Waals surface area contributed by atoms with Gasteiger partial charge in [-0.05, 0) is 24.3 Å². The van der Waals surface area contributed by atoms with Crippen LogP contribution in [0.5, 0.6) is 5.75 Å². The van der Waals surface area contributed by atoms with Crippen LogP contribution in [0, 0.1) is 5.82 Å². The maximum atomic E-state index is 13.9. The van der Waals surface area contributed by atoms with Gasteiger partial charge in [-0.25, -0.2) is 9.18 Å². The van der Waals surface area contributed by atoms with Crippen molar-refractivity contribution in [3.63, 3.8) is 0 Å². The lowest BCUT2D eigenvalue weighted by molar-refractivity contribution is 0.0691. The largest absolute Gasteiger partial charge is 0.487 e. The molecule has 2 rings (SSSR count). The van der Waals surface area contributed by atoms with E-state index in [1.807, 2.05) is 0 Å². The Balaban J connectivity index is 2.21. The van der Waals surface area contributed by atoms with E-state index < -0.39 is 11.8 Å². The van der Waals surface area contributed by atoms with E-state index in [9.17, 15) is 9.18 Å². The molecule has 3 nitrogen and oxygen atoms in total. The fourth-order valence-electron chi connectivity index (χ4n) is 1.60. The molecule has 1 N–H and O–H groups in total. The molecule has 0 atom stereocenters. The Bertz CT molecular complexity index is 661. The summed E-state index contributed by atoms with van der Waals surface area (Å²) in [5, 5.41) is 9.24. The number of benzene rings is 2. The first-order valence-electron chi connectivity index (χ1n) is 5.57. The summed E-state index contributed by atoms with van der Waals surface area (Å²) in [5.41, 5.74) is -0.229. The second kappa shape index (κ2) is 6.24. The van der Waals surface area contributed by atoms with Gasteiger partial charge in [-0.3, -0.25) is 0 Å². The van der Waals surface area contributed by atoms with Gasteiger partial charge in [0.25, 0.3) is 0 Å². The van der Waals surface area contributed by atoms with Gasteiger partial charge >= 0.3 is 5.97 Å². The normalized spacial score (nSPS) is 10.3. The van der Waals surface area contributed by atoms with Crippen molar-refractivity contribution in [2.24, 2.45) is 0 Å². The molecular weight excluding hydrogens is 351 g/mol. The van der Waals surface area contributed by atoms with E-state index in [4.69, 9.17) is 21.4 Å². The maximum absolute atomic E-state index is 13.9. The molecule has 0 saturated heterocycles. The fourth-order valence-corrected chi connectivity index (χ4v) is 2.11. The van der Waals surface area contributed by atoms with Crippen LogP contribution in [-0.2, 0) is 6.61 Å². The second-order valence-electron chi connectivity index (χ2n) is 3.95. The van der Waals surface area contributed by atoms with Crippen molar-refractivity contribution in [2.45, 2.75) is 6.61 Å². The Morgan fingerprint density at radius 1 is 1.35 bits per heavy atom. The molecule has 0 fully saturated rings. The number of carboxylic acids is 1. The highest BCUT2D eigenvalue weighted by molar-refractivity contribution is 9.10. The number of hydrogen-bond donors (Lipinski definition) is 1. The number of rotatable bonds is 4. The smallest absolute Gasteiger partial charge is 0.338 e. The van der Waals surface area contributed by atoms with Gasteiger partial charge < -0.3 is 9.84 Å². The molecule has 2 aromatic carbocycles. The van der Waals surface area contributed by atoms with Crippen molar-refractivity contribution in [3.8, 4) is 5.75 Å². The number of aromatic carboxylic acids is 1. The summed E-state index contributed by atoms with van der Waals surface area (Å²) < 4.78 is 20.1. The molecule has 0 spiro atoms. The van der Waals surface area contributed by atoms with Crippen molar-refractivity contribution in [3.05, 3.63) is 62.8 Å². The van der Waals surface area contributed by atoms with E-state index in [1.165, 1.54) is 18.2 Å². The molecule has 6 heteroatoms. The van der Waals surface area contributed by atoms with Crippen LogP contribution in [-0.4, -0.2) is 11.1 Å². The van der Waals surface area contributed by atoms with E-state index in [-0.39, 0.29) is 17.7 Å². The van der Waals surface area contributed by atoms with Gasteiger partial charge in [-0.1, -0.05) is 39.7 Å². The first-order chi connectivity index (χ1) is 9.49. The molecule has 0 aliphatic carbocycles. The summed E-state index contributed by atoms with van der Waals surface area (Å²) in [6, 6.07) is 9.18. The Morgan fingerprint density at radius 3 is 2.80 bits per heavy atom. The third kappa shape index (κ3) is 3.29. The summed E-state index contributed by atoms with van der Waals surface area (Å²) in [6.07, 6.45) is 0. The predicted octanol–water partition coefficient (Wildman–Crippen LogP) is 4.52. The number of carboxylic acid groups (broad SMARTS) is 1. The average molecular weight is 360 g/mol. The van der Waals surface area contributed by atoms with Gasteiger partial charge in [0.1, 0.15) is 18.2 Å². The third-order valence-corrected chi connectivity index (χ3v) is 3.39. The van der Waals surface area contributed by atoms with Crippen LogP contribution in [0.15, 0.2) is 40.9 Å². The van der Waals surface area contributed by atoms with Crippen molar-refractivity contribution in [1.29, 1.82) is 0 Å². The lowest BCUT2D eigenvalue weighted by atomic mass is 10.1. The minimum Gasteiger partial charge on any atom is -0.487 e. The van der Waals surface area contributed by atoms with Crippen molar-refractivity contribution in [2.75, 3.05) is 0 Å². The quantitative estimate of drug-likeness (QED) is 0.873. The molecule has 0 heterocycles.